The first kappa shape index (κ1) is 19.6. The number of para-hydroxylation sites is 1. The Balaban J connectivity index is 1.52. The van der Waals surface area contributed by atoms with Crippen molar-refractivity contribution in [3.63, 3.8) is 0 Å². The lowest BCUT2D eigenvalue weighted by Gasteiger charge is -2.31. The minimum absolute atomic E-state index is 0.0245. The second kappa shape index (κ2) is 8.78. The highest BCUT2D eigenvalue weighted by Gasteiger charge is 2.28. The lowest BCUT2D eigenvalue weighted by molar-refractivity contribution is 0.217. The molecule has 1 aliphatic heterocycles. The number of benzene rings is 3. The summed E-state index contributed by atoms with van der Waals surface area (Å²) in [5.41, 5.74) is 3.10. The lowest BCUT2D eigenvalue weighted by atomic mass is 10.0. The summed E-state index contributed by atoms with van der Waals surface area (Å²) in [6, 6.07) is 29.4. The molecule has 0 saturated carbocycles. The number of hydrogen-bond donors (Lipinski definition) is 0. The molecule has 0 unspecified atom stereocenters. The molecule has 4 aromatic rings. The van der Waals surface area contributed by atoms with Gasteiger partial charge in [0.1, 0.15) is 17.3 Å². The van der Waals surface area contributed by atoms with Gasteiger partial charge in [0.15, 0.2) is 0 Å². The number of halogens is 1. The summed E-state index contributed by atoms with van der Waals surface area (Å²) < 4.78 is 22.9. The summed E-state index contributed by atoms with van der Waals surface area (Å²) in [6.07, 6.45) is 3.16. The second-order valence-electron chi connectivity index (χ2n) is 7.93. The third-order valence-corrected chi connectivity index (χ3v) is 5.84. The first-order valence-corrected chi connectivity index (χ1v) is 10.7. The van der Waals surface area contributed by atoms with Gasteiger partial charge in [0.25, 0.3) is 0 Å². The maximum absolute atomic E-state index is 14.5. The largest absolute Gasteiger partial charge is 0.457 e. The van der Waals surface area contributed by atoms with Crippen molar-refractivity contribution in [2.75, 3.05) is 6.54 Å². The fraction of sp³-hybridized carbons (Fsp3) is 0.185. The number of nitrogens with zero attached hydrogens (tertiary/aromatic N) is 2. The molecule has 1 atom stereocenters. The van der Waals surface area contributed by atoms with Crippen LogP contribution in [0.5, 0.6) is 11.5 Å². The van der Waals surface area contributed by atoms with Crippen LogP contribution in [0.25, 0.3) is 0 Å². The molecule has 0 aliphatic carbocycles. The average molecular weight is 413 g/mol. The maximum atomic E-state index is 14.5. The minimum atomic E-state index is -0.151. The standard InChI is InChI=1S/C27H25FN2O/c28-25-14-5-4-9-22(25)20-30-18-8-17-29-16-7-15-26(29)27(30)21-10-6-13-24(19-21)31-23-11-2-1-3-12-23/h1-7,9-16,19,27H,8,17-18,20H2/t27-/m1/s1. The van der Waals surface area contributed by atoms with E-state index < -0.39 is 0 Å². The van der Waals surface area contributed by atoms with E-state index in [-0.39, 0.29) is 11.9 Å². The number of rotatable bonds is 5. The van der Waals surface area contributed by atoms with Gasteiger partial charge in [0.2, 0.25) is 0 Å². The molecule has 0 fully saturated rings. The molecule has 2 heterocycles. The highest BCUT2D eigenvalue weighted by atomic mass is 19.1. The van der Waals surface area contributed by atoms with Crippen LogP contribution in [-0.4, -0.2) is 16.0 Å². The van der Waals surface area contributed by atoms with E-state index in [1.165, 1.54) is 5.69 Å². The Hall–Kier alpha value is -3.37. The van der Waals surface area contributed by atoms with Crippen LogP contribution in [0, 0.1) is 5.82 Å². The summed E-state index contributed by atoms with van der Waals surface area (Å²) in [6.45, 7) is 2.42. The quantitative estimate of drug-likeness (QED) is 0.377. The number of aryl methyl sites for hydroxylation is 1. The van der Waals surface area contributed by atoms with Crippen LogP contribution < -0.4 is 4.74 Å². The molecular formula is C27H25FN2O. The molecule has 0 saturated heterocycles. The van der Waals surface area contributed by atoms with Crippen LogP contribution in [0.4, 0.5) is 4.39 Å². The lowest BCUT2D eigenvalue weighted by Crippen LogP contribution is -2.29. The van der Waals surface area contributed by atoms with Crippen LogP contribution in [0.15, 0.2) is 97.2 Å². The zero-order chi connectivity index (χ0) is 21.0. The van der Waals surface area contributed by atoms with E-state index in [9.17, 15) is 4.39 Å². The van der Waals surface area contributed by atoms with Crippen molar-refractivity contribution in [2.45, 2.75) is 25.6 Å². The zero-order valence-corrected chi connectivity index (χ0v) is 17.3. The summed E-state index contributed by atoms with van der Waals surface area (Å²) in [7, 11) is 0. The van der Waals surface area contributed by atoms with Crippen LogP contribution in [0.2, 0.25) is 0 Å². The Bertz CT molecular complexity index is 1150. The third-order valence-electron chi connectivity index (χ3n) is 5.84. The predicted octanol–water partition coefficient (Wildman–Crippen LogP) is 6.41. The Morgan fingerprint density at radius 1 is 0.806 bits per heavy atom. The van der Waals surface area contributed by atoms with Crippen LogP contribution >= 0.6 is 0 Å². The molecule has 0 spiro atoms. The minimum Gasteiger partial charge on any atom is -0.457 e. The van der Waals surface area contributed by atoms with Gasteiger partial charge in [0.05, 0.1) is 6.04 Å². The second-order valence-corrected chi connectivity index (χ2v) is 7.93. The van der Waals surface area contributed by atoms with Crippen LogP contribution in [0.1, 0.15) is 29.3 Å². The highest BCUT2D eigenvalue weighted by molar-refractivity contribution is 5.38. The van der Waals surface area contributed by atoms with Crippen LogP contribution in [0.3, 0.4) is 0 Å². The molecule has 3 nitrogen and oxygen atoms in total. The number of ether oxygens (including phenoxy) is 1. The van der Waals surface area contributed by atoms with E-state index in [2.05, 4.69) is 39.9 Å². The molecule has 31 heavy (non-hydrogen) atoms. The third kappa shape index (κ3) is 4.25. The summed E-state index contributed by atoms with van der Waals surface area (Å²) >= 11 is 0. The molecular weight excluding hydrogens is 387 g/mol. The summed E-state index contributed by atoms with van der Waals surface area (Å²) in [5, 5.41) is 0. The summed E-state index contributed by atoms with van der Waals surface area (Å²) in [5.74, 6) is 1.46. The molecule has 4 heteroatoms. The fourth-order valence-electron chi connectivity index (χ4n) is 4.41. The van der Waals surface area contributed by atoms with Crippen molar-refractivity contribution >= 4 is 0 Å². The van der Waals surface area contributed by atoms with E-state index in [1.54, 1.807) is 12.1 Å². The molecule has 1 aliphatic rings. The zero-order valence-electron chi connectivity index (χ0n) is 17.3. The van der Waals surface area contributed by atoms with Crippen molar-refractivity contribution in [2.24, 2.45) is 0 Å². The van der Waals surface area contributed by atoms with Crippen molar-refractivity contribution < 1.29 is 9.13 Å². The van der Waals surface area contributed by atoms with Gasteiger partial charge >= 0.3 is 0 Å². The maximum Gasteiger partial charge on any atom is 0.127 e. The first-order chi connectivity index (χ1) is 15.3. The predicted molar refractivity (Wildman–Crippen MR) is 121 cm³/mol. The number of hydrogen-bond acceptors (Lipinski definition) is 2. The number of aromatic nitrogens is 1. The molecule has 156 valence electrons. The molecule has 3 aromatic carbocycles. The molecule has 0 amide bonds. The summed E-state index contributed by atoms with van der Waals surface area (Å²) in [4.78, 5) is 2.37. The van der Waals surface area contributed by atoms with Crippen molar-refractivity contribution in [3.05, 3.63) is 120 Å². The van der Waals surface area contributed by atoms with Crippen LogP contribution in [-0.2, 0) is 13.1 Å². The van der Waals surface area contributed by atoms with Gasteiger partial charge in [-0.3, -0.25) is 4.90 Å². The fourth-order valence-corrected chi connectivity index (χ4v) is 4.41. The Morgan fingerprint density at radius 3 is 2.48 bits per heavy atom. The van der Waals surface area contributed by atoms with E-state index in [0.29, 0.717) is 6.54 Å². The van der Waals surface area contributed by atoms with Gasteiger partial charge in [-0.15, -0.1) is 0 Å². The average Bonchev–Trinajstić information content (AvgIpc) is 3.17. The normalized spacial score (nSPS) is 16.5. The van der Waals surface area contributed by atoms with Gasteiger partial charge < -0.3 is 9.30 Å². The first-order valence-electron chi connectivity index (χ1n) is 10.7. The molecule has 0 bridgehead atoms. The van der Waals surface area contributed by atoms with Gasteiger partial charge in [-0.25, -0.2) is 4.39 Å². The molecule has 0 radical (unpaired) electrons. The highest BCUT2D eigenvalue weighted by Crippen LogP contribution is 2.35. The molecule has 5 rings (SSSR count). The van der Waals surface area contributed by atoms with Crippen molar-refractivity contribution in [1.82, 2.24) is 9.47 Å². The van der Waals surface area contributed by atoms with Crippen molar-refractivity contribution in [1.29, 1.82) is 0 Å². The SMILES string of the molecule is Fc1ccccc1CN1CCCn2cccc2[C@H]1c1cccc(Oc2ccccc2)c1. The van der Waals surface area contributed by atoms with E-state index >= 15 is 0 Å². The van der Waals surface area contributed by atoms with Gasteiger partial charge in [-0.2, -0.15) is 0 Å². The van der Waals surface area contributed by atoms with Gasteiger partial charge in [-0.05, 0) is 54.4 Å². The smallest absolute Gasteiger partial charge is 0.127 e. The molecule has 1 aromatic heterocycles. The molecule has 0 N–H and O–H groups in total. The van der Waals surface area contributed by atoms with E-state index in [4.69, 9.17) is 4.74 Å². The number of fused-ring (bicyclic) bond motifs is 1. The Labute approximate surface area is 182 Å². The van der Waals surface area contributed by atoms with E-state index in [1.807, 2.05) is 54.6 Å². The monoisotopic (exact) mass is 412 g/mol. The van der Waals surface area contributed by atoms with E-state index in [0.717, 1.165) is 42.1 Å². The Kier molecular flexibility index (Phi) is 5.55. The van der Waals surface area contributed by atoms with Crippen molar-refractivity contribution in [3.8, 4) is 11.5 Å². The topological polar surface area (TPSA) is 17.4 Å². The Morgan fingerprint density at radius 2 is 1.61 bits per heavy atom. The van der Waals surface area contributed by atoms with Gasteiger partial charge in [0, 0.05) is 37.1 Å². The van der Waals surface area contributed by atoms with Gasteiger partial charge in [-0.1, -0.05) is 48.5 Å².